The average molecular weight is 438 g/mol. The molecule has 6 nitrogen and oxygen atoms in total. The molecule has 3 aliphatic rings. The molecule has 8 heteroatoms. The predicted molar refractivity (Wildman–Crippen MR) is 113 cm³/mol. The van der Waals surface area contributed by atoms with Crippen LogP contribution in [0.25, 0.3) is 0 Å². The van der Waals surface area contributed by atoms with E-state index in [-0.39, 0.29) is 22.8 Å². The maximum Gasteiger partial charge on any atom is 0.243 e. The van der Waals surface area contributed by atoms with E-state index in [0.717, 1.165) is 45.0 Å². The van der Waals surface area contributed by atoms with Crippen molar-refractivity contribution in [2.24, 2.45) is 5.92 Å². The summed E-state index contributed by atoms with van der Waals surface area (Å²) in [5.41, 5.74) is 0.538. The number of halogens is 1. The number of sulfonamides is 1. The highest BCUT2D eigenvalue weighted by Gasteiger charge is 2.41. The van der Waals surface area contributed by atoms with E-state index in [1.165, 1.54) is 29.3 Å². The van der Waals surface area contributed by atoms with Gasteiger partial charge < -0.3 is 9.80 Å². The van der Waals surface area contributed by atoms with Gasteiger partial charge in [0.1, 0.15) is 5.82 Å². The van der Waals surface area contributed by atoms with Gasteiger partial charge in [-0.15, -0.1) is 0 Å². The minimum absolute atomic E-state index is 0.0252. The Morgan fingerprint density at radius 2 is 1.90 bits per heavy atom. The van der Waals surface area contributed by atoms with Crippen LogP contribution < -0.4 is 0 Å². The molecule has 4 rings (SSSR count). The molecule has 0 radical (unpaired) electrons. The predicted octanol–water partition coefficient (Wildman–Crippen LogP) is 2.62. The maximum atomic E-state index is 13.7. The number of likely N-dealkylation sites (tertiary alicyclic amines) is 1. The summed E-state index contributed by atoms with van der Waals surface area (Å²) in [6.07, 6.45) is 5.94. The van der Waals surface area contributed by atoms with E-state index in [1.807, 2.05) is 4.90 Å². The van der Waals surface area contributed by atoms with Gasteiger partial charge in [-0.1, -0.05) is 6.07 Å². The van der Waals surface area contributed by atoms with Gasteiger partial charge in [-0.25, -0.2) is 12.8 Å². The third-order valence-corrected chi connectivity index (χ3v) is 8.62. The van der Waals surface area contributed by atoms with Gasteiger partial charge in [-0.2, -0.15) is 4.31 Å². The van der Waals surface area contributed by atoms with Crippen molar-refractivity contribution in [3.05, 3.63) is 29.6 Å². The first-order chi connectivity index (χ1) is 14.4. The Labute approximate surface area is 179 Å². The van der Waals surface area contributed by atoms with Crippen LogP contribution in [-0.4, -0.2) is 73.7 Å². The molecule has 0 spiro atoms. The van der Waals surface area contributed by atoms with Crippen LogP contribution in [0.5, 0.6) is 0 Å². The lowest BCUT2D eigenvalue weighted by molar-refractivity contribution is -0.134. The Balaban J connectivity index is 1.43. The Morgan fingerprint density at radius 3 is 2.60 bits per heavy atom. The van der Waals surface area contributed by atoms with E-state index < -0.39 is 15.8 Å². The number of benzene rings is 1. The molecule has 1 atom stereocenters. The first-order valence-corrected chi connectivity index (χ1v) is 12.6. The number of nitrogens with zero attached hydrogens (tertiary/aromatic N) is 3. The fraction of sp³-hybridized carbons (Fsp3) is 0.682. The molecule has 2 saturated heterocycles. The molecule has 1 aromatic rings. The monoisotopic (exact) mass is 437 g/mol. The summed E-state index contributed by atoms with van der Waals surface area (Å²) in [7, 11) is -3.78. The smallest absolute Gasteiger partial charge is 0.243 e. The topological polar surface area (TPSA) is 60.9 Å². The Morgan fingerprint density at radius 1 is 1.17 bits per heavy atom. The number of hydrogen-bond acceptors (Lipinski definition) is 4. The second kappa shape index (κ2) is 8.93. The first kappa shape index (κ1) is 21.7. The van der Waals surface area contributed by atoms with Gasteiger partial charge in [0.2, 0.25) is 15.9 Å². The quantitative estimate of drug-likeness (QED) is 0.627. The molecule has 0 N–H and O–H groups in total. The minimum atomic E-state index is -3.78. The van der Waals surface area contributed by atoms with Gasteiger partial charge >= 0.3 is 0 Å². The SMILES string of the molecule is Cc1ccc(F)cc1S(=O)(=O)N1CCC(N(CCCN2CCCC2)C(=O)C2CC2)C1. The van der Waals surface area contributed by atoms with Crippen LogP contribution in [-0.2, 0) is 14.8 Å². The lowest BCUT2D eigenvalue weighted by Crippen LogP contribution is -2.44. The Bertz CT molecular complexity index is 882. The lowest BCUT2D eigenvalue weighted by Gasteiger charge is -2.30. The summed E-state index contributed by atoms with van der Waals surface area (Å²) >= 11 is 0. The molecule has 1 unspecified atom stereocenters. The summed E-state index contributed by atoms with van der Waals surface area (Å²) in [5.74, 6) is -0.252. The molecule has 2 heterocycles. The number of carbonyl (C=O) groups is 1. The standard InChI is InChI=1S/C22H32FN3O3S/c1-17-5-8-19(23)15-21(17)30(28,29)25-14-9-20(16-25)26(22(27)18-6-7-18)13-4-12-24-10-2-3-11-24/h5,8,15,18,20H,2-4,6-7,9-14,16H2,1H3. The van der Waals surface area contributed by atoms with Crippen LogP contribution >= 0.6 is 0 Å². The molecule has 1 aromatic carbocycles. The number of rotatable bonds is 8. The number of aryl methyl sites for hydroxylation is 1. The molecule has 1 saturated carbocycles. The third kappa shape index (κ3) is 4.70. The van der Waals surface area contributed by atoms with Crippen molar-refractivity contribution >= 4 is 15.9 Å². The van der Waals surface area contributed by atoms with Crippen molar-refractivity contribution in [3.8, 4) is 0 Å². The molecule has 1 amide bonds. The van der Waals surface area contributed by atoms with Crippen molar-refractivity contribution in [2.75, 3.05) is 39.3 Å². The molecule has 0 aromatic heterocycles. The van der Waals surface area contributed by atoms with E-state index in [0.29, 0.717) is 31.6 Å². The van der Waals surface area contributed by atoms with E-state index in [1.54, 1.807) is 6.92 Å². The van der Waals surface area contributed by atoms with E-state index in [9.17, 15) is 17.6 Å². The minimum Gasteiger partial charge on any atom is -0.338 e. The molecule has 3 fully saturated rings. The first-order valence-electron chi connectivity index (χ1n) is 11.2. The van der Waals surface area contributed by atoms with Gasteiger partial charge in [0.05, 0.1) is 4.90 Å². The van der Waals surface area contributed by atoms with Crippen LogP contribution in [0.3, 0.4) is 0 Å². The largest absolute Gasteiger partial charge is 0.338 e. The van der Waals surface area contributed by atoms with Crippen molar-refractivity contribution in [1.82, 2.24) is 14.1 Å². The number of hydrogen-bond donors (Lipinski definition) is 0. The summed E-state index contributed by atoms with van der Waals surface area (Å²) in [6, 6.07) is 3.77. The van der Waals surface area contributed by atoms with Crippen molar-refractivity contribution in [1.29, 1.82) is 0 Å². The fourth-order valence-electron chi connectivity index (χ4n) is 4.68. The van der Waals surface area contributed by atoms with Gasteiger partial charge in [0, 0.05) is 31.6 Å². The molecule has 2 aliphatic heterocycles. The number of amides is 1. The second-order valence-electron chi connectivity index (χ2n) is 8.92. The van der Waals surface area contributed by atoms with Crippen LogP contribution in [0.2, 0.25) is 0 Å². The molecule has 30 heavy (non-hydrogen) atoms. The summed E-state index contributed by atoms with van der Waals surface area (Å²) in [6.45, 7) is 6.29. The zero-order chi connectivity index (χ0) is 21.3. The normalized spacial score (nSPS) is 23.2. The Kier molecular flexibility index (Phi) is 6.46. The van der Waals surface area contributed by atoms with Crippen LogP contribution in [0.4, 0.5) is 4.39 Å². The van der Waals surface area contributed by atoms with E-state index in [4.69, 9.17) is 0 Å². The summed E-state index contributed by atoms with van der Waals surface area (Å²) in [4.78, 5) is 17.4. The zero-order valence-corrected chi connectivity index (χ0v) is 18.5. The van der Waals surface area contributed by atoms with Crippen molar-refractivity contribution in [2.45, 2.75) is 56.4 Å². The highest BCUT2D eigenvalue weighted by atomic mass is 32.2. The van der Waals surface area contributed by atoms with Gasteiger partial charge in [-0.3, -0.25) is 4.79 Å². The second-order valence-corrected chi connectivity index (χ2v) is 10.8. The molecular weight excluding hydrogens is 405 g/mol. The molecule has 0 bridgehead atoms. The van der Waals surface area contributed by atoms with Gasteiger partial charge in [0.15, 0.2) is 0 Å². The maximum absolute atomic E-state index is 13.7. The number of carbonyl (C=O) groups excluding carboxylic acids is 1. The fourth-order valence-corrected chi connectivity index (χ4v) is 6.41. The molecular formula is C22H32FN3O3S. The highest BCUT2D eigenvalue weighted by Crippen LogP contribution is 2.34. The molecule has 1 aliphatic carbocycles. The highest BCUT2D eigenvalue weighted by molar-refractivity contribution is 7.89. The molecule has 166 valence electrons. The zero-order valence-electron chi connectivity index (χ0n) is 17.7. The summed E-state index contributed by atoms with van der Waals surface area (Å²) in [5, 5.41) is 0. The Hall–Kier alpha value is -1.51. The van der Waals surface area contributed by atoms with Gasteiger partial charge in [-0.05, 0) is 82.8 Å². The third-order valence-electron chi connectivity index (χ3n) is 6.62. The van der Waals surface area contributed by atoms with E-state index >= 15 is 0 Å². The van der Waals surface area contributed by atoms with Crippen molar-refractivity contribution in [3.63, 3.8) is 0 Å². The van der Waals surface area contributed by atoms with Crippen molar-refractivity contribution < 1.29 is 17.6 Å². The average Bonchev–Trinajstić information content (AvgIpc) is 3.21. The van der Waals surface area contributed by atoms with Crippen LogP contribution in [0.1, 0.15) is 44.1 Å². The summed E-state index contributed by atoms with van der Waals surface area (Å²) < 4.78 is 41.4. The lowest BCUT2D eigenvalue weighted by atomic mass is 10.2. The van der Waals surface area contributed by atoms with E-state index in [2.05, 4.69) is 4.90 Å². The van der Waals surface area contributed by atoms with Crippen LogP contribution in [0.15, 0.2) is 23.1 Å². The van der Waals surface area contributed by atoms with Crippen LogP contribution in [0, 0.1) is 18.7 Å². The van der Waals surface area contributed by atoms with Gasteiger partial charge in [0.25, 0.3) is 0 Å².